The number of methoxy groups -OCH3 is 1. The van der Waals surface area contributed by atoms with Crippen LogP contribution >= 0.6 is 0 Å². The van der Waals surface area contributed by atoms with Crippen molar-refractivity contribution in [3.63, 3.8) is 0 Å². The Morgan fingerprint density at radius 2 is 1.74 bits per heavy atom. The maximum Gasteiger partial charge on any atom is 0.128 e. The van der Waals surface area contributed by atoms with Crippen molar-refractivity contribution in [3.05, 3.63) is 65.7 Å². The molecule has 3 N–H and O–H groups in total. The number of quaternary nitrogens is 1. The molecule has 0 unspecified atom stereocenters. The van der Waals surface area contributed by atoms with Gasteiger partial charge < -0.3 is 15.2 Å². The van der Waals surface area contributed by atoms with Crippen LogP contribution in [-0.4, -0.2) is 18.8 Å². The summed E-state index contributed by atoms with van der Waals surface area (Å²) in [6.45, 7) is 1.44. The number of aliphatic hydroxyl groups excluding tert-OH is 1. The van der Waals surface area contributed by atoms with Gasteiger partial charge in [0.1, 0.15) is 24.9 Å². The molecule has 0 heterocycles. The van der Waals surface area contributed by atoms with Crippen molar-refractivity contribution >= 4 is 0 Å². The fourth-order valence-corrected chi connectivity index (χ4v) is 2.08. The summed E-state index contributed by atoms with van der Waals surface area (Å²) in [6.07, 6.45) is -0.434. The molecule has 19 heavy (non-hydrogen) atoms. The van der Waals surface area contributed by atoms with E-state index in [0.29, 0.717) is 6.54 Å². The van der Waals surface area contributed by atoms with E-state index in [9.17, 15) is 5.11 Å². The minimum atomic E-state index is -0.434. The highest BCUT2D eigenvalue weighted by Crippen LogP contribution is 2.15. The van der Waals surface area contributed by atoms with Gasteiger partial charge in [-0.3, -0.25) is 0 Å². The normalized spacial score (nSPS) is 12.1. The molecule has 0 aliphatic carbocycles. The molecule has 0 aliphatic heterocycles. The summed E-state index contributed by atoms with van der Waals surface area (Å²) < 4.78 is 5.30. The zero-order chi connectivity index (χ0) is 13.5. The van der Waals surface area contributed by atoms with Gasteiger partial charge >= 0.3 is 0 Å². The molecule has 0 fully saturated rings. The Morgan fingerprint density at radius 3 is 2.47 bits per heavy atom. The van der Waals surface area contributed by atoms with Crippen LogP contribution in [-0.2, 0) is 6.54 Å². The molecule has 100 valence electrons. The third-order valence-electron chi connectivity index (χ3n) is 3.13. The van der Waals surface area contributed by atoms with E-state index in [2.05, 4.69) is 5.32 Å². The molecule has 0 saturated carbocycles. The van der Waals surface area contributed by atoms with Crippen molar-refractivity contribution in [1.82, 2.24) is 0 Å². The van der Waals surface area contributed by atoms with E-state index in [1.165, 1.54) is 0 Å². The molecule has 1 atom stereocenters. The molecule has 0 saturated heterocycles. The number of hydrogen-bond acceptors (Lipinski definition) is 2. The topological polar surface area (TPSA) is 46.1 Å². The lowest BCUT2D eigenvalue weighted by atomic mass is 10.1. The van der Waals surface area contributed by atoms with Gasteiger partial charge in [0, 0.05) is 5.56 Å². The predicted molar refractivity (Wildman–Crippen MR) is 74.9 cm³/mol. The van der Waals surface area contributed by atoms with Crippen molar-refractivity contribution in [2.45, 2.75) is 12.6 Å². The lowest BCUT2D eigenvalue weighted by Gasteiger charge is -2.11. The number of para-hydroxylation sites is 1. The molecular formula is C16H20NO2+. The van der Waals surface area contributed by atoms with Gasteiger partial charge in [0.25, 0.3) is 0 Å². The van der Waals surface area contributed by atoms with Crippen LogP contribution in [0, 0.1) is 0 Å². The SMILES string of the molecule is COc1ccccc1C[NH2+]C[C@H](O)c1ccccc1. The number of hydrogen-bond donors (Lipinski definition) is 2. The van der Waals surface area contributed by atoms with Crippen LogP contribution < -0.4 is 10.1 Å². The third kappa shape index (κ3) is 3.81. The minimum absolute atomic E-state index is 0.434. The molecule has 2 aromatic carbocycles. The van der Waals surface area contributed by atoms with Crippen molar-refractivity contribution in [2.75, 3.05) is 13.7 Å². The van der Waals surface area contributed by atoms with Crippen LogP contribution in [0.4, 0.5) is 0 Å². The Kier molecular flexibility index (Phi) is 4.95. The molecule has 0 aliphatic rings. The van der Waals surface area contributed by atoms with Gasteiger partial charge in [-0.25, -0.2) is 0 Å². The molecule has 0 radical (unpaired) electrons. The summed E-state index contributed by atoms with van der Waals surface area (Å²) in [5.74, 6) is 0.896. The van der Waals surface area contributed by atoms with E-state index < -0.39 is 6.10 Å². The second kappa shape index (κ2) is 6.92. The molecule has 0 spiro atoms. The third-order valence-corrected chi connectivity index (χ3v) is 3.13. The first-order chi connectivity index (χ1) is 9.31. The summed E-state index contributed by atoms with van der Waals surface area (Å²) in [5, 5.41) is 12.2. The van der Waals surface area contributed by atoms with Crippen LogP contribution in [0.3, 0.4) is 0 Å². The molecule has 0 aromatic heterocycles. The van der Waals surface area contributed by atoms with Crippen molar-refractivity contribution < 1.29 is 15.2 Å². The fraction of sp³-hybridized carbons (Fsp3) is 0.250. The first-order valence-electron chi connectivity index (χ1n) is 6.48. The maximum atomic E-state index is 10.1. The van der Waals surface area contributed by atoms with Gasteiger partial charge in [-0.1, -0.05) is 42.5 Å². The highest BCUT2D eigenvalue weighted by atomic mass is 16.5. The van der Waals surface area contributed by atoms with Gasteiger partial charge in [0.05, 0.1) is 7.11 Å². The lowest BCUT2D eigenvalue weighted by Crippen LogP contribution is -2.83. The predicted octanol–water partition coefficient (Wildman–Crippen LogP) is 1.49. The van der Waals surface area contributed by atoms with Crippen LogP contribution in [0.15, 0.2) is 54.6 Å². The number of rotatable bonds is 6. The van der Waals surface area contributed by atoms with E-state index in [0.717, 1.165) is 23.4 Å². The molecule has 2 rings (SSSR count). The Morgan fingerprint density at radius 1 is 1.05 bits per heavy atom. The van der Waals surface area contributed by atoms with Gasteiger partial charge in [-0.15, -0.1) is 0 Å². The Bertz CT molecular complexity index is 499. The van der Waals surface area contributed by atoms with Crippen LogP contribution in [0.2, 0.25) is 0 Å². The minimum Gasteiger partial charge on any atom is -0.496 e. The van der Waals surface area contributed by atoms with E-state index in [4.69, 9.17) is 4.74 Å². The van der Waals surface area contributed by atoms with Crippen molar-refractivity contribution in [1.29, 1.82) is 0 Å². The van der Waals surface area contributed by atoms with Crippen LogP contribution in [0.25, 0.3) is 0 Å². The Labute approximate surface area is 113 Å². The van der Waals surface area contributed by atoms with Gasteiger partial charge in [-0.2, -0.15) is 0 Å². The first-order valence-corrected chi connectivity index (χ1v) is 6.48. The van der Waals surface area contributed by atoms with Gasteiger partial charge in [0.15, 0.2) is 0 Å². The highest BCUT2D eigenvalue weighted by molar-refractivity contribution is 5.32. The van der Waals surface area contributed by atoms with E-state index in [1.807, 2.05) is 54.6 Å². The standard InChI is InChI=1S/C16H19NO2/c1-19-16-10-6-5-9-14(16)11-17-12-15(18)13-7-3-2-4-8-13/h2-10,15,17-18H,11-12H2,1H3/p+1/t15-/m0/s1. The summed E-state index contributed by atoms with van der Waals surface area (Å²) in [6, 6.07) is 17.7. The second-order valence-corrected chi connectivity index (χ2v) is 4.47. The monoisotopic (exact) mass is 258 g/mol. The zero-order valence-corrected chi connectivity index (χ0v) is 11.1. The Balaban J connectivity index is 1.87. The van der Waals surface area contributed by atoms with Crippen LogP contribution in [0.1, 0.15) is 17.2 Å². The highest BCUT2D eigenvalue weighted by Gasteiger charge is 2.09. The second-order valence-electron chi connectivity index (χ2n) is 4.47. The number of ether oxygens (including phenoxy) is 1. The maximum absolute atomic E-state index is 10.1. The summed E-state index contributed by atoms with van der Waals surface area (Å²) in [7, 11) is 1.68. The largest absolute Gasteiger partial charge is 0.496 e. The summed E-state index contributed by atoms with van der Waals surface area (Å²) in [4.78, 5) is 0. The van der Waals surface area contributed by atoms with Gasteiger partial charge in [-0.05, 0) is 17.7 Å². The van der Waals surface area contributed by atoms with E-state index in [-0.39, 0.29) is 0 Å². The smallest absolute Gasteiger partial charge is 0.128 e. The van der Waals surface area contributed by atoms with Gasteiger partial charge in [0.2, 0.25) is 0 Å². The molecule has 0 bridgehead atoms. The quantitative estimate of drug-likeness (QED) is 0.824. The number of aliphatic hydroxyl groups is 1. The molecule has 3 heteroatoms. The van der Waals surface area contributed by atoms with E-state index in [1.54, 1.807) is 7.11 Å². The van der Waals surface area contributed by atoms with E-state index >= 15 is 0 Å². The first kappa shape index (κ1) is 13.6. The number of nitrogens with two attached hydrogens (primary N) is 1. The van der Waals surface area contributed by atoms with Crippen LogP contribution in [0.5, 0.6) is 5.75 Å². The lowest BCUT2D eigenvalue weighted by molar-refractivity contribution is -0.677. The average molecular weight is 258 g/mol. The zero-order valence-electron chi connectivity index (χ0n) is 11.1. The Hall–Kier alpha value is -1.84. The number of benzene rings is 2. The summed E-state index contributed by atoms with van der Waals surface area (Å²) in [5.41, 5.74) is 2.10. The van der Waals surface area contributed by atoms with Crippen molar-refractivity contribution in [3.8, 4) is 5.75 Å². The molecular weight excluding hydrogens is 238 g/mol. The fourth-order valence-electron chi connectivity index (χ4n) is 2.08. The summed E-state index contributed by atoms with van der Waals surface area (Å²) >= 11 is 0. The molecule has 0 amide bonds. The molecule has 3 nitrogen and oxygen atoms in total. The van der Waals surface area contributed by atoms with Crippen molar-refractivity contribution in [2.24, 2.45) is 0 Å². The average Bonchev–Trinajstić information content (AvgIpc) is 2.48. The molecule has 2 aromatic rings.